The number of aromatic nitrogens is 1. The molecule has 2 heterocycles. The molecule has 5 rings (SSSR count). The van der Waals surface area contributed by atoms with Crippen LogP contribution >= 0.6 is 0 Å². The molecule has 2 aliphatic rings. The van der Waals surface area contributed by atoms with E-state index < -0.39 is 0 Å². The van der Waals surface area contributed by atoms with Crippen LogP contribution in [0.5, 0.6) is 5.75 Å². The summed E-state index contributed by atoms with van der Waals surface area (Å²) in [6.07, 6.45) is 5.28. The summed E-state index contributed by atoms with van der Waals surface area (Å²) in [6, 6.07) is 11.9. The van der Waals surface area contributed by atoms with Gasteiger partial charge in [-0.25, -0.2) is 4.39 Å². The molecule has 0 radical (unpaired) electrons. The van der Waals surface area contributed by atoms with Gasteiger partial charge in [0.1, 0.15) is 18.2 Å². The Morgan fingerprint density at radius 1 is 1.14 bits per heavy atom. The number of nitrogens with one attached hydrogen (secondary N) is 2. The van der Waals surface area contributed by atoms with E-state index in [1.54, 1.807) is 12.1 Å². The second-order valence-corrected chi connectivity index (χ2v) is 10.2. The number of benzene rings is 2. The van der Waals surface area contributed by atoms with Crippen molar-refractivity contribution in [1.82, 2.24) is 15.2 Å². The number of hydrogen-bond acceptors (Lipinski definition) is 3. The van der Waals surface area contributed by atoms with Crippen LogP contribution in [-0.2, 0) is 6.42 Å². The molecule has 2 N–H and O–H groups in total. The maximum absolute atomic E-state index is 15.7. The predicted octanol–water partition coefficient (Wildman–Crippen LogP) is 6.08. The van der Waals surface area contributed by atoms with Crippen molar-refractivity contribution >= 4 is 10.9 Å². The van der Waals surface area contributed by atoms with Gasteiger partial charge in [0, 0.05) is 41.3 Å². The van der Waals surface area contributed by atoms with E-state index >= 15 is 4.39 Å². The van der Waals surface area contributed by atoms with E-state index in [-0.39, 0.29) is 18.5 Å². The number of hydrogen-bond donors (Lipinski definition) is 2. The summed E-state index contributed by atoms with van der Waals surface area (Å²) in [6.45, 7) is 6.66. The van der Waals surface area contributed by atoms with E-state index in [9.17, 15) is 4.39 Å². The van der Waals surface area contributed by atoms with Crippen LogP contribution in [-0.4, -0.2) is 48.8 Å². The van der Waals surface area contributed by atoms with Crippen molar-refractivity contribution in [3.63, 3.8) is 0 Å². The lowest BCUT2D eigenvalue weighted by atomic mass is 9.81. The monoisotopic (exact) mass is 481 g/mol. The molecule has 3 aromatic rings. The van der Waals surface area contributed by atoms with Gasteiger partial charge in [0.05, 0.1) is 12.7 Å². The summed E-state index contributed by atoms with van der Waals surface area (Å²) in [5.41, 5.74) is 5.12. The SMILES string of the molecule is Cc1c(OCCNCCCF)ccc(F)c1[C@@H]1c2[nH]c3ccccc3c2C[C@@H](C)N1CC1CCC1. The lowest BCUT2D eigenvalue weighted by molar-refractivity contribution is 0.0957. The fourth-order valence-corrected chi connectivity index (χ4v) is 5.79. The topological polar surface area (TPSA) is 40.3 Å². The Morgan fingerprint density at radius 3 is 2.74 bits per heavy atom. The minimum absolute atomic E-state index is 0.173. The number of nitrogens with zero attached hydrogens (tertiary/aromatic N) is 1. The molecular formula is C29H37F2N3O. The third-order valence-corrected chi connectivity index (χ3v) is 7.92. The zero-order valence-electron chi connectivity index (χ0n) is 20.9. The van der Waals surface area contributed by atoms with E-state index in [0.717, 1.165) is 29.7 Å². The smallest absolute Gasteiger partial charge is 0.128 e. The second-order valence-electron chi connectivity index (χ2n) is 10.2. The molecule has 1 aliphatic heterocycles. The number of fused-ring (bicyclic) bond motifs is 3. The molecule has 0 saturated heterocycles. The Bertz CT molecular complexity index is 1160. The number of ether oxygens (including phenoxy) is 1. The Balaban J connectivity index is 1.51. The lowest BCUT2D eigenvalue weighted by Gasteiger charge is -2.44. The van der Waals surface area contributed by atoms with Gasteiger partial charge in [0.15, 0.2) is 0 Å². The van der Waals surface area contributed by atoms with Gasteiger partial charge in [0.25, 0.3) is 0 Å². The molecule has 6 heteroatoms. The molecule has 0 unspecified atom stereocenters. The first-order valence-corrected chi connectivity index (χ1v) is 13.1. The van der Waals surface area contributed by atoms with Crippen molar-refractivity contribution in [2.24, 2.45) is 5.92 Å². The summed E-state index contributed by atoms with van der Waals surface area (Å²) >= 11 is 0. The molecule has 188 valence electrons. The van der Waals surface area contributed by atoms with Gasteiger partial charge in [-0.1, -0.05) is 24.6 Å². The van der Waals surface area contributed by atoms with Crippen molar-refractivity contribution in [2.45, 2.75) is 58.0 Å². The van der Waals surface area contributed by atoms with Gasteiger partial charge >= 0.3 is 0 Å². The second kappa shape index (κ2) is 10.7. The van der Waals surface area contributed by atoms with Gasteiger partial charge in [-0.2, -0.15) is 0 Å². The Morgan fingerprint density at radius 2 is 1.97 bits per heavy atom. The number of alkyl halides is 1. The summed E-state index contributed by atoms with van der Waals surface area (Å²) in [5, 5.41) is 4.43. The quantitative estimate of drug-likeness (QED) is 0.345. The Labute approximate surface area is 207 Å². The van der Waals surface area contributed by atoms with E-state index in [0.29, 0.717) is 49.4 Å². The molecule has 35 heavy (non-hydrogen) atoms. The highest BCUT2D eigenvalue weighted by Crippen LogP contribution is 2.45. The number of halogens is 2. The van der Waals surface area contributed by atoms with Gasteiger partial charge in [-0.05, 0) is 81.3 Å². The molecule has 0 amide bonds. The molecule has 1 aromatic heterocycles. The summed E-state index contributed by atoms with van der Waals surface area (Å²) in [4.78, 5) is 6.20. The molecule has 0 spiro atoms. The van der Waals surface area contributed by atoms with Crippen LogP contribution in [0.25, 0.3) is 10.9 Å². The number of aromatic amines is 1. The highest BCUT2D eigenvalue weighted by atomic mass is 19.1. The van der Waals surface area contributed by atoms with Crippen LogP contribution in [0, 0.1) is 18.7 Å². The largest absolute Gasteiger partial charge is 0.492 e. The zero-order valence-corrected chi connectivity index (χ0v) is 20.9. The van der Waals surface area contributed by atoms with Crippen molar-refractivity contribution < 1.29 is 13.5 Å². The molecule has 4 nitrogen and oxygen atoms in total. The Hall–Kier alpha value is -2.44. The Kier molecular flexibility index (Phi) is 7.40. The number of H-pyrrole nitrogens is 1. The first-order valence-electron chi connectivity index (χ1n) is 13.1. The van der Waals surface area contributed by atoms with Crippen LogP contribution in [0.2, 0.25) is 0 Å². The fraction of sp³-hybridized carbons (Fsp3) is 0.517. The maximum atomic E-state index is 15.7. The minimum atomic E-state index is -0.318. The van der Waals surface area contributed by atoms with Gasteiger partial charge < -0.3 is 15.0 Å². The lowest BCUT2D eigenvalue weighted by Crippen LogP contribution is -2.46. The highest BCUT2D eigenvalue weighted by Gasteiger charge is 2.39. The van der Waals surface area contributed by atoms with Crippen molar-refractivity contribution in [2.75, 3.05) is 32.9 Å². The molecule has 1 aliphatic carbocycles. The van der Waals surface area contributed by atoms with Crippen LogP contribution in [0.3, 0.4) is 0 Å². The third kappa shape index (κ3) is 4.83. The normalized spacial score (nSPS) is 20.7. The van der Waals surface area contributed by atoms with Crippen LogP contribution in [0.1, 0.15) is 61.0 Å². The molecule has 2 atom stereocenters. The summed E-state index contributed by atoms with van der Waals surface area (Å²) < 4.78 is 34.1. The fourth-order valence-electron chi connectivity index (χ4n) is 5.79. The summed E-state index contributed by atoms with van der Waals surface area (Å²) in [7, 11) is 0. The average Bonchev–Trinajstić information content (AvgIpc) is 3.19. The number of para-hydroxylation sites is 1. The van der Waals surface area contributed by atoms with Crippen molar-refractivity contribution in [1.29, 1.82) is 0 Å². The van der Waals surface area contributed by atoms with Gasteiger partial charge in [0.2, 0.25) is 0 Å². The first-order chi connectivity index (χ1) is 17.1. The van der Waals surface area contributed by atoms with Crippen LogP contribution < -0.4 is 10.1 Å². The van der Waals surface area contributed by atoms with E-state index in [1.165, 1.54) is 30.2 Å². The predicted molar refractivity (Wildman–Crippen MR) is 137 cm³/mol. The zero-order chi connectivity index (χ0) is 24.4. The van der Waals surface area contributed by atoms with E-state index in [1.807, 2.05) is 6.92 Å². The molecular weight excluding hydrogens is 444 g/mol. The van der Waals surface area contributed by atoms with Crippen molar-refractivity contribution in [3.8, 4) is 5.75 Å². The van der Waals surface area contributed by atoms with E-state index in [4.69, 9.17) is 4.74 Å². The van der Waals surface area contributed by atoms with Crippen molar-refractivity contribution in [3.05, 3.63) is 64.6 Å². The third-order valence-electron chi connectivity index (χ3n) is 7.92. The van der Waals surface area contributed by atoms with E-state index in [2.05, 4.69) is 46.4 Å². The molecule has 1 fully saturated rings. The number of rotatable bonds is 10. The summed E-state index contributed by atoms with van der Waals surface area (Å²) in [5.74, 6) is 1.22. The maximum Gasteiger partial charge on any atom is 0.128 e. The van der Waals surface area contributed by atoms with Crippen LogP contribution in [0.4, 0.5) is 8.78 Å². The standard InChI is InChI=1S/C29H37F2N3O/c1-19-17-23-22-9-3-4-10-25(22)33-28(23)29(34(19)18-21-7-5-8-21)27-20(2)26(12-11-24(27)31)35-16-15-32-14-6-13-30/h3-4,9-12,19,21,29,32-33H,5-8,13-18H2,1-2H3/t19-,29-/m1/s1. The van der Waals surface area contributed by atoms with Crippen LogP contribution in [0.15, 0.2) is 36.4 Å². The molecule has 0 bridgehead atoms. The van der Waals surface area contributed by atoms with Gasteiger partial charge in [-0.3, -0.25) is 9.29 Å². The first kappa shape index (κ1) is 24.3. The van der Waals surface area contributed by atoms with Gasteiger partial charge in [-0.15, -0.1) is 0 Å². The molecule has 2 aromatic carbocycles. The highest BCUT2D eigenvalue weighted by molar-refractivity contribution is 5.85. The minimum Gasteiger partial charge on any atom is -0.492 e. The average molecular weight is 482 g/mol. The molecule has 1 saturated carbocycles.